The molecule has 4 atom stereocenters. The van der Waals surface area contributed by atoms with Gasteiger partial charge in [-0.1, -0.05) is 37.6 Å². The van der Waals surface area contributed by atoms with Crippen molar-refractivity contribution in [1.82, 2.24) is 9.88 Å². The van der Waals surface area contributed by atoms with E-state index in [0.29, 0.717) is 6.61 Å². The number of carboxylic acids is 1. The summed E-state index contributed by atoms with van der Waals surface area (Å²) in [5.74, 6) is 0.261. The Morgan fingerprint density at radius 2 is 2.08 bits per heavy atom. The lowest BCUT2D eigenvalue weighted by molar-refractivity contribution is -0.144. The number of likely N-dealkylation sites (N-methyl/N-ethyl adjacent to an activating group) is 1. The summed E-state index contributed by atoms with van der Waals surface area (Å²) in [6.07, 6.45) is 7.87. The highest BCUT2D eigenvalue weighted by molar-refractivity contribution is 5.76. The molecule has 0 amide bonds. The van der Waals surface area contributed by atoms with Crippen molar-refractivity contribution in [3.05, 3.63) is 57.8 Å². The first-order valence-corrected chi connectivity index (χ1v) is 15.2. The van der Waals surface area contributed by atoms with Crippen molar-refractivity contribution >= 4 is 11.8 Å². The number of anilines is 1. The van der Waals surface area contributed by atoms with E-state index in [-0.39, 0.29) is 23.7 Å². The maximum Gasteiger partial charge on any atom is 0.325 e. The van der Waals surface area contributed by atoms with E-state index in [1.807, 2.05) is 14.0 Å². The molecule has 0 spiro atoms. The third-order valence-corrected chi connectivity index (χ3v) is 9.32. The van der Waals surface area contributed by atoms with Crippen molar-refractivity contribution in [2.24, 2.45) is 5.41 Å². The molecule has 1 aliphatic carbocycles. The third kappa shape index (κ3) is 6.22. The minimum atomic E-state index is -0.804. The Hall–Kier alpha value is -2.48. The van der Waals surface area contributed by atoms with Gasteiger partial charge >= 0.3 is 5.97 Å². The number of benzene rings is 1. The summed E-state index contributed by atoms with van der Waals surface area (Å²) in [7, 11) is 1.98. The Labute approximate surface area is 239 Å². The van der Waals surface area contributed by atoms with Gasteiger partial charge in [0.15, 0.2) is 0 Å². The molecule has 3 heterocycles. The van der Waals surface area contributed by atoms with E-state index in [0.717, 1.165) is 86.3 Å². The number of rotatable bonds is 10. The van der Waals surface area contributed by atoms with E-state index >= 15 is 0 Å². The number of pyridine rings is 1. The van der Waals surface area contributed by atoms with Gasteiger partial charge in [0, 0.05) is 24.9 Å². The Morgan fingerprint density at radius 3 is 2.88 bits per heavy atom. The molecule has 3 aliphatic rings. The summed E-state index contributed by atoms with van der Waals surface area (Å²) in [5, 5.41) is 13.9. The number of aromatic nitrogens is 1. The van der Waals surface area contributed by atoms with Crippen molar-refractivity contribution in [2.45, 2.75) is 103 Å². The molecule has 2 aliphatic heterocycles. The standard InChI is InChI=1S/C33H47N3O4/c1-21-17-24-13-16-39-22(2)29(24)27(18-21)30(32(37)38)36(5)26-19-28(33(3,4)20-26)40-15-7-6-10-25-12-11-23-9-8-14-34-31(23)35-25/h11-12,17-18,22,26,28,30H,6-10,13-16,19-20H2,1-5H3,(H,34,35)(H,37,38)/t22-,26+,28+,30+/m0/s1. The average Bonchev–Trinajstić information content (AvgIpc) is 3.22. The van der Waals surface area contributed by atoms with Crippen molar-refractivity contribution in [3.8, 4) is 0 Å². The molecular weight excluding hydrogens is 502 g/mol. The number of aliphatic carboxylic acids is 1. The van der Waals surface area contributed by atoms with Gasteiger partial charge in [-0.15, -0.1) is 0 Å². The minimum absolute atomic E-state index is 0.0177. The molecular formula is C33H47N3O4. The average molecular weight is 550 g/mol. The van der Waals surface area contributed by atoms with Crippen LogP contribution in [0.4, 0.5) is 5.82 Å². The summed E-state index contributed by atoms with van der Waals surface area (Å²) in [5.41, 5.74) is 6.73. The summed E-state index contributed by atoms with van der Waals surface area (Å²) in [6.45, 7) is 11.0. The number of hydrogen-bond acceptors (Lipinski definition) is 6. The third-order valence-electron chi connectivity index (χ3n) is 9.32. The molecule has 5 rings (SSSR count). The quantitative estimate of drug-likeness (QED) is 0.350. The molecule has 1 fully saturated rings. The number of hydrogen-bond donors (Lipinski definition) is 2. The van der Waals surface area contributed by atoms with Crippen molar-refractivity contribution in [2.75, 3.05) is 32.1 Å². The molecule has 40 heavy (non-hydrogen) atoms. The first-order valence-electron chi connectivity index (χ1n) is 15.2. The predicted molar refractivity (Wildman–Crippen MR) is 158 cm³/mol. The van der Waals surface area contributed by atoms with E-state index in [1.165, 1.54) is 17.5 Å². The summed E-state index contributed by atoms with van der Waals surface area (Å²) >= 11 is 0. The second kappa shape index (κ2) is 12.2. The molecule has 1 saturated carbocycles. The molecule has 7 heteroatoms. The number of nitrogens with zero attached hydrogens (tertiary/aromatic N) is 2. The first kappa shape index (κ1) is 29.0. The predicted octanol–water partition coefficient (Wildman–Crippen LogP) is 6.04. The molecule has 0 saturated heterocycles. The zero-order chi connectivity index (χ0) is 28.4. The van der Waals surface area contributed by atoms with Gasteiger partial charge in [-0.2, -0.15) is 0 Å². The number of nitrogens with one attached hydrogen (secondary N) is 1. The smallest absolute Gasteiger partial charge is 0.325 e. The molecule has 2 aromatic rings. The molecule has 0 bridgehead atoms. The van der Waals surface area contributed by atoms with Gasteiger partial charge in [0.1, 0.15) is 11.9 Å². The van der Waals surface area contributed by atoms with Crippen LogP contribution in [0.15, 0.2) is 24.3 Å². The van der Waals surface area contributed by atoms with E-state index in [9.17, 15) is 9.90 Å². The SMILES string of the molecule is Cc1cc2c(c([C@H](C(=O)O)N(C)[C@@H]3C[C@@H](OCCCCc4ccc5c(n4)NCCC5)C(C)(C)C3)c1)[C@H](C)OCC2. The van der Waals surface area contributed by atoms with Crippen LogP contribution in [-0.2, 0) is 33.5 Å². The summed E-state index contributed by atoms with van der Waals surface area (Å²) in [6, 6.07) is 8.06. The van der Waals surface area contributed by atoms with Crippen LogP contribution in [0.1, 0.15) is 98.5 Å². The lowest BCUT2D eigenvalue weighted by atomic mass is 9.86. The Balaban J connectivity index is 1.19. The van der Waals surface area contributed by atoms with Crippen LogP contribution in [0.25, 0.3) is 0 Å². The van der Waals surface area contributed by atoms with Gasteiger partial charge in [0.2, 0.25) is 0 Å². The van der Waals surface area contributed by atoms with Crippen LogP contribution >= 0.6 is 0 Å². The second-order valence-electron chi connectivity index (χ2n) is 12.8. The highest BCUT2D eigenvalue weighted by Crippen LogP contribution is 2.45. The first-order chi connectivity index (χ1) is 19.1. The largest absolute Gasteiger partial charge is 0.480 e. The van der Waals surface area contributed by atoms with Gasteiger partial charge in [0.25, 0.3) is 0 Å². The molecule has 0 unspecified atom stereocenters. The molecule has 1 aromatic carbocycles. The zero-order valence-corrected chi connectivity index (χ0v) is 25.0. The normalized spacial score (nSPS) is 24.3. The molecule has 2 N–H and O–H groups in total. The van der Waals surface area contributed by atoms with Crippen LogP contribution in [-0.4, -0.2) is 59.9 Å². The lowest BCUT2D eigenvalue weighted by Crippen LogP contribution is -2.39. The monoisotopic (exact) mass is 549 g/mol. The fraction of sp³-hybridized carbons (Fsp3) is 0.636. The summed E-state index contributed by atoms with van der Waals surface area (Å²) < 4.78 is 12.4. The van der Waals surface area contributed by atoms with E-state index < -0.39 is 12.0 Å². The minimum Gasteiger partial charge on any atom is -0.480 e. The van der Waals surface area contributed by atoms with E-state index in [1.54, 1.807) is 0 Å². The molecule has 1 aromatic heterocycles. The van der Waals surface area contributed by atoms with Gasteiger partial charge < -0.3 is 19.9 Å². The van der Waals surface area contributed by atoms with Crippen LogP contribution in [0.5, 0.6) is 0 Å². The van der Waals surface area contributed by atoms with Gasteiger partial charge in [-0.3, -0.25) is 9.69 Å². The lowest BCUT2D eigenvalue weighted by Gasteiger charge is -2.35. The fourth-order valence-electron chi connectivity index (χ4n) is 7.13. The number of aryl methyl sites for hydroxylation is 3. The highest BCUT2D eigenvalue weighted by atomic mass is 16.5. The number of fused-ring (bicyclic) bond motifs is 2. The number of carboxylic acid groups (broad SMARTS) is 1. The highest BCUT2D eigenvalue weighted by Gasteiger charge is 2.45. The Morgan fingerprint density at radius 1 is 1.25 bits per heavy atom. The van der Waals surface area contributed by atoms with Gasteiger partial charge in [-0.05, 0) is 106 Å². The number of ether oxygens (including phenoxy) is 2. The fourth-order valence-corrected chi connectivity index (χ4v) is 7.13. The van der Waals surface area contributed by atoms with Crippen molar-refractivity contribution < 1.29 is 19.4 Å². The van der Waals surface area contributed by atoms with Crippen molar-refractivity contribution in [1.29, 1.82) is 0 Å². The molecule has 7 nitrogen and oxygen atoms in total. The van der Waals surface area contributed by atoms with Gasteiger partial charge in [-0.25, -0.2) is 4.98 Å². The topological polar surface area (TPSA) is 83.9 Å². The Kier molecular flexibility index (Phi) is 8.83. The molecule has 218 valence electrons. The van der Waals surface area contributed by atoms with Crippen molar-refractivity contribution in [3.63, 3.8) is 0 Å². The van der Waals surface area contributed by atoms with Gasteiger partial charge in [0.05, 0.1) is 18.8 Å². The van der Waals surface area contributed by atoms with E-state index in [4.69, 9.17) is 14.5 Å². The zero-order valence-electron chi connectivity index (χ0n) is 25.0. The van der Waals surface area contributed by atoms with Crippen LogP contribution in [0.2, 0.25) is 0 Å². The molecule has 0 radical (unpaired) electrons. The summed E-state index contributed by atoms with van der Waals surface area (Å²) in [4.78, 5) is 19.7. The second-order valence-corrected chi connectivity index (χ2v) is 12.8. The number of carbonyl (C=O) groups is 1. The maximum atomic E-state index is 12.8. The van der Waals surface area contributed by atoms with Crippen LogP contribution in [0.3, 0.4) is 0 Å². The maximum absolute atomic E-state index is 12.8. The van der Waals surface area contributed by atoms with Crippen LogP contribution in [0, 0.1) is 12.3 Å². The Bertz CT molecular complexity index is 1210. The van der Waals surface area contributed by atoms with Crippen LogP contribution < -0.4 is 5.32 Å². The number of unbranched alkanes of at least 4 members (excludes halogenated alkanes) is 1. The van der Waals surface area contributed by atoms with E-state index in [2.05, 4.69) is 55.3 Å².